The molecule has 2 atom stereocenters. The van der Waals surface area contributed by atoms with Gasteiger partial charge in [0.05, 0.1) is 24.7 Å². The molecule has 2 amide bonds. The van der Waals surface area contributed by atoms with Crippen LogP contribution < -0.4 is 9.80 Å². The molecule has 2 heterocycles. The summed E-state index contributed by atoms with van der Waals surface area (Å²) in [6, 6.07) is 7.71. The third-order valence-electron chi connectivity index (χ3n) is 6.31. The molecule has 4 nitrogen and oxygen atoms in total. The molecule has 2 saturated heterocycles. The van der Waals surface area contributed by atoms with Gasteiger partial charge < -0.3 is 4.90 Å². The molecule has 1 aromatic rings. The first kappa shape index (κ1) is 17.5. The maximum atomic E-state index is 13.2. The second kappa shape index (κ2) is 7.36. The number of nitrogens with one attached hydrogen (secondary N) is 1. The van der Waals surface area contributed by atoms with Crippen molar-refractivity contribution in [3.63, 3.8) is 0 Å². The van der Waals surface area contributed by atoms with Crippen molar-refractivity contribution in [2.45, 2.75) is 51.9 Å². The van der Waals surface area contributed by atoms with Crippen molar-refractivity contribution in [3.05, 3.63) is 41.6 Å². The number of allylic oxidation sites excluding steroid dienone is 2. The Morgan fingerprint density at radius 1 is 0.962 bits per heavy atom. The van der Waals surface area contributed by atoms with Crippen LogP contribution in [0, 0.1) is 18.8 Å². The Kier molecular flexibility index (Phi) is 4.94. The number of hydrogen-bond donors (Lipinski definition) is 1. The number of imide groups is 1. The number of rotatable bonds is 3. The number of hydrogen-bond acceptors (Lipinski definition) is 2. The highest BCUT2D eigenvalue weighted by atomic mass is 16.2. The summed E-state index contributed by atoms with van der Waals surface area (Å²) < 4.78 is 0. The summed E-state index contributed by atoms with van der Waals surface area (Å²) >= 11 is 0. The number of quaternary nitrogens is 1. The van der Waals surface area contributed by atoms with E-state index in [-0.39, 0.29) is 23.7 Å². The summed E-state index contributed by atoms with van der Waals surface area (Å²) in [5.41, 5.74) is 3.28. The van der Waals surface area contributed by atoms with Crippen LogP contribution in [-0.2, 0) is 9.59 Å². The lowest BCUT2D eigenvalue weighted by Gasteiger charge is -2.34. The molecule has 2 fully saturated rings. The highest BCUT2D eigenvalue weighted by Crippen LogP contribution is 2.37. The van der Waals surface area contributed by atoms with Crippen molar-refractivity contribution in [2.24, 2.45) is 11.8 Å². The number of anilines is 1. The number of carbonyl (C=O) groups is 2. The van der Waals surface area contributed by atoms with E-state index in [2.05, 4.69) is 6.08 Å². The Morgan fingerprint density at radius 3 is 2.42 bits per heavy atom. The van der Waals surface area contributed by atoms with E-state index in [1.807, 2.05) is 31.2 Å². The van der Waals surface area contributed by atoms with Gasteiger partial charge in [-0.25, -0.2) is 0 Å². The Labute approximate surface area is 155 Å². The van der Waals surface area contributed by atoms with Crippen molar-refractivity contribution in [3.8, 4) is 0 Å². The molecule has 1 aliphatic carbocycles. The van der Waals surface area contributed by atoms with Crippen LogP contribution in [0.5, 0.6) is 0 Å². The van der Waals surface area contributed by atoms with Crippen molar-refractivity contribution in [1.82, 2.24) is 0 Å². The molecule has 0 aromatic heterocycles. The highest BCUT2D eigenvalue weighted by molar-refractivity contribution is 6.21. The van der Waals surface area contributed by atoms with E-state index in [4.69, 9.17) is 0 Å². The molecule has 4 rings (SSSR count). The van der Waals surface area contributed by atoms with Gasteiger partial charge >= 0.3 is 0 Å². The molecule has 3 aliphatic rings. The minimum absolute atomic E-state index is 0.00747. The molecule has 1 N–H and O–H groups in total. The first-order valence-electron chi connectivity index (χ1n) is 10.1. The third-order valence-corrected chi connectivity index (χ3v) is 6.31. The fraction of sp³-hybridized carbons (Fsp3) is 0.545. The van der Waals surface area contributed by atoms with Gasteiger partial charge in [0, 0.05) is 12.3 Å². The van der Waals surface area contributed by atoms with Crippen molar-refractivity contribution in [2.75, 3.05) is 18.0 Å². The van der Waals surface area contributed by atoms with Crippen LogP contribution >= 0.6 is 0 Å². The predicted octanol–water partition coefficient (Wildman–Crippen LogP) is 2.63. The first-order valence-corrected chi connectivity index (χ1v) is 10.1. The van der Waals surface area contributed by atoms with Gasteiger partial charge in [0.25, 0.3) is 0 Å². The molecule has 1 aromatic carbocycles. The molecule has 0 radical (unpaired) electrons. The van der Waals surface area contributed by atoms with E-state index in [1.54, 1.807) is 4.90 Å². The molecule has 4 heteroatoms. The molecule has 2 aliphatic heterocycles. The van der Waals surface area contributed by atoms with E-state index in [0.29, 0.717) is 6.42 Å². The summed E-state index contributed by atoms with van der Waals surface area (Å²) in [6.45, 7) is 4.37. The van der Waals surface area contributed by atoms with E-state index in [0.717, 1.165) is 30.5 Å². The normalized spacial score (nSPS) is 27.7. The van der Waals surface area contributed by atoms with Crippen LogP contribution in [0.1, 0.15) is 50.5 Å². The zero-order valence-electron chi connectivity index (χ0n) is 15.7. The number of carbonyl (C=O) groups excluding carboxylic acids is 2. The van der Waals surface area contributed by atoms with Gasteiger partial charge in [-0.05, 0) is 63.7 Å². The topological polar surface area (TPSA) is 41.8 Å². The number of likely N-dealkylation sites (tertiary alicyclic amines) is 1. The summed E-state index contributed by atoms with van der Waals surface area (Å²) in [5.74, 6) is 0.0315. The van der Waals surface area contributed by atoms with Gasteiger partial charge in [-0.1, -0.05) is 17.7 Å². The maximum Gasteiger partial charge on any atom is 0.238 e. The molecule has 0 bridgehead atoms. The SMILES string of the molecule is Cc1ccc(N2C(=O)C[C@H]([C@H]3CCCC=C3[NH+]3CCCCC3)C2=O)cc1. The Morgan fingerprint density at radius 2 is 1.69 bits per heavy atom. The number of piperidine rings is 1. The van der Waals surface area contributed by atoms with Gasteiger partial charge in [0.15, 0.2) is 0 Å². The number of nitrogens with zero attached hydrogens (tertiary/aromatic N) is 1. The van der Waals surface area contributed by atoms with E-state index in [9.17, 15) is 9.59 Å². The lowest BCUT2D eigenvalue weighted by molar-refractivity contribution is -0.870. The zero-order valence-corrected chi connectivity index (χ0v) is 15.7. The van der Waals surface area contributed by atoms with Crippen LogP contribution in [0.4, 0.5) is 5.69 Å². The minimum Gasteiger partial charge on any atom is -0.306 e. The largest absolute Gasteiger partial charge is 0.306 e. The lowest BCUT2D eigenvalue weighted by Crippen LogP contribution is -3.11. The average molecular weight is 353 g/mol. The standard InChI is InChI=1S/C22H28N2O2/c1-16-9-11-17(12-10-16)24-21(25)15-19(22(24)26)18-7-3-4-8-20(18)23-13-5-2-6-14-23/h8-12,18-19H,2-7,13-15H2,1H3/p+1/t18-,19-/m1/s1. The molecule has 138 valence electrons. The van der Waals surface area contributed by atoms with Gasteiger partial charge in [0.2, 0.25) is 11.8 Å². The van der Waals surface area contributed by atoms with Gasteiger partial charge in [-0.15, -0.1) is 0 Å². The van der Waals surface area contributed by atoms with Crippen LogP contribution in [0.2, 0.25) is 0 Å². The predicted molar refractivity (Wildman–Crippen MR) is 102 cm³/mol. The van der Waals surface area contributed by atoms with E-state index >= 15 is 0 Å². The quantitative estimate of drug-likeness (QED) is 0.849. The fourth-order valence-corrected chi connectivity index (χ4v) is 4.93. The summed E-state index contributed by atoms with van der Waals surface area (Å²) in [6.07, 6.45) is 9.89. The molecular formula is C22H29N2O2+. The molecule has 26 heavy (non-hydrogen) atoms. The lowest BCUT2D eigenvalue weighted by atomic mass is 9.80. The van der Waals surface area contributed by atoms with Crippen LogP contribution in [0.3, 0.4) is 0 Å². The second-order valence-electron chi connectivity index (χ2n) is 8.07. The van der Waals surface area contributed by atoms with Gasteiger partial charge in [-0.3, -0.25) is 14.5 Å². The Hall–Kier alpha value is -1.94. The van der Waals surface area contributed by atoms with E-state index < -0.39 is 0 Å². The van der Waals surface area contributed by atoms with Crippen molar-refractivity contribution in [1.29, 1.82) is 0 Å². The monoisotopic (exact) mass is 353 g/mol. The van der Waals surface area contributed by atoms with Crippen molar-refractivity contribution < 1.29 is 14.5 Å². The summed E-state index contributed by atoms with van der Waals surface area (Å²) in [5, 5.41) is 0. The molecule has 0 unspecified atom stereocenters. The maximum absolute atomic E-state index is 13.2. The van der Waals surface area contributed by atoms with Gasteiger partial charge in [-0.2, -0.15) is 0 Å². The van der Waals surface area contributed by atoms with E-state index in [1.165, 1.54) is 42.9 Å². The summed E-state index contributed by atoms with van der Waals surface area (Å²) in [7, 11) is 0. The second-order valence-corrected chi connectivity index (χ2v) is 8.07. The third kappa shape index (κ3) is 3.23. The van der Waals surface area contributed by atoms with Crippen LogP contribution in [0.15, 0.2) is 36.0 Å². The number of aryl methyl sites for hydroxylation is 1. The molecule has 0 spiro atoms. The Bertz CT molecular complexity index is 716. The highest BCUT2D eigenvalue weighted by Gasteiger charge is 2.47. The average Bonchev–Trinajstić information content (AvgIpc) is 2.97. The van der Waals surface area contributed by atoms with Crippen LogP contribution in [-0.4, -0.2) is 24.9 Å². The zero-order chi connectivity index (χ0) is 18.1. The summed E-state index contributed by atoms with van der Waals surface area (Å²) in [4.78, 5) is 28.9. The van der Waals surface area contributed by atoms with Crippen molar-refractivity contribution >= 4 is 17.5 Å². The number of benzene rings is 1. The first-order chi connectivity index (χ1) is 12.6. The molecular weight excluding hydrogens is 324 g/mol. The smallest absolute Gasteiger partial charge is 0.238 e. The Balaban J connectivity index is 1.57. The fourth-order valence-electron chi connectivity index (χ4n) is 4.93. The minimum atomic E-state index is -0.176. The number of amides is 2. The molecule has 0 saturated carbocycles. The van der Waals surface area contributed by atoms with Crippen LogP contribution in [0.25, 0.3) is 0 Å². The van der Waals surface area contributed by atoms with Gasteiger partial charge in [0.1, 0.15) is 5.70 Å².